The van der Waals surface area contributed by atoms with Crippen LogP contribution in [0.1, 0.15) is 12.6 Å². The molecule has 0 aromatic carbocycles. The van der Waals surface area contributed by atoms with Crippen LogP contribution in [0.3, 0.4) is 0 Å². The normalized spacial score (nSPS) is 9.80. The molecule has 0 fully saturated rings. The maximum Gasteiger partial charge on any atom is 0.129 e. The summed E-state index contributed by atoms with van der Waals surface area (Å²) in [6.07, 6.45) is 0.856. The van der Waals surface area contributed by atoms with Crippen LogP contribution in [0.15, 0.2) is 23.2 Å². The molecule has 0 atom stereocenters. The Bertz CT molecular complexity index is 195. The predicted molar refractivity (Wildman–Crippen MR) is 40.6 cm³/mol. The van der Waals surface area contributed by atoms with Crippen LogP contribution in [0.4, 0.5) is 3.89 Å². The second-order valence-corrected chi connectivity index (χ2v) is 2.47. The summed E-state index contributed by atoms with van der Waals surface area (Å²) in [5, 5.41) is 0.444. The van der Waals surface area contributed by atoms with Crippen molar-refractivity contribution in [2.24, 2.45) is 0 Å². The number of aryl methyl sites for hydroxylation is 1. The monoisotopic (exact) mass is 157 g/mol. The summed E-state index contributed by atoms with van der Waals surface area (Å²) >= 11 is 0.187. The first-order valence-electron chi connectivity index (χ1n) is 3.11. The van der Waals surface area contributed by atoms with Crippen LogP contribution in [0.25, 0.3) is 0 Å². The molecule has 54 valence electrons. The number of hydrogen-bond donors (Lipinski definition) is 0. The Morgan fingerprint density at radius 3 is 3.00 bits per heavy atom. The second-order valence-electron chi connectivity index (χ2n) is 1.90. The summed E-state index contributed by atoms with van der Waals surface area (Å²) in [6, 6.07) is 5.36. The zero-order chi connectivity index (χ0) is 7.40. The lowest BCUT2D eigenvalue weighted by atomic mass is 10.3. The van der Waals surface area contributed by atoms with Crippen molar-refractivity contribution >= 4 is 12.1 Å². The van der Waals surface area contributed by atoms with Gasteiger partial charge in [-0.05, 0) is 18.6 Å². The third-order valence-corrected chi connectivity index (χ3v) is 1.61. The van der Waals surface area contributed by atoms with Crippen molar-refractivity contribution in [3.05, 3.63) is 23.9 Å². The Morgan fingerprint density at radius 2 is 2.40 bits per heavy atom. The van der Waals surface area contributed by atoms with Crippen molar-refractivity contribution in [2.75, 3.05) is 0 Å². The zero-order valence-corrected chi connectivity index (χ0v) is 6.49. The lowest BCUT2D eigenvalue weighted by Crippen LogP contribution is -1.85. The molecule has 0 saturated heterocycles. The van der Waals surface area contributed by atoms with Crippen LogP contribution >= 0.6 is 12.1 Å². The van der Waals surface area contributed by atoms with Crippen LogP contribution in [0.5, 0.6) is 0 Å². The minimum absolute atomic E-state index is 0.187. The van der Waals surface area contributed by atoms with E-state index < -0.39 is 0 Å². The van der Waals surface area contributed by atoms with Gasteiger partial charge in [0.05, 0.1) is 0 Å². The third-order valence-electron chi connectivity index (χ3n) is 1.22. The van der Waals surface area contributed by atoms with Gasteiger partial charge in [-0.3, -0.25) is 0 Å². The third kappa shape index (κ3) is 1.70. The fraction of sp³-hybridized carbons (Fsp3) is 0.286. The Hall–Kier alpha value is -0.570. The largest absolute Gasteiger partial charge is 0.244 e. The second kappa shape index (κ2) is 3.56. The lowest BCUT2D eigenvalue weighted by molar-refractivity contribution is 0.902. The lowest BCUT2D eigenvalue weighted by Gasteiger charge is -1.95. The highest BCUT2D eigenvalue weighted by molar-refractivity contribution is 7.94. The van der Waals surface area contributed by atoms with E-state index in [0.717, 1.165) is 12.1 Å². The van der Waals surface area contributed by atoms with Crippen molar-refractivity contribution in [1.29, 1.82) is 0 Å². The average Bonchev–Trinajstić information content (AvgIpc) is 2.05. The minimum atomic E-state index is 0.187. The maximum atomic E-state index is 11.9. The Labute approximate surface area is 64.0 Å². The van der Waals surface area contributed by atoms with Crippen molar-refractivity contribution in [2.45, 2.75) is 18.4 Å². The van der Waals surface area contributed by atoms with E-state index in [4.69, 9.17) is 0 Å². The molecule has 1 aromatic rings. The van der Waals surface area contributed by atoms with Gasteiger partial charge in [-0.1, -0.05) is 13.0 Å². The minimum Gasteiger partial charge on any atom is -0.244 e. The Kier molecular flexibility index (Phi) is 2.68. The first-order valence-corrected chi connectivity index (χ1v) is 3.83. The fourth-order valence-electron chi connectivity index (χ4n) is 0.697. The number of nitrogens with zero attached hydrogens (tertiary/aromatic N) is 1. The van der Waals surface area contributed by atoms with Gasteiger partial charge >= 0.3 is 0 Å². The number of aromatic nitrogens is 1. The van der Waals surface area contributed by atoms with Gasteiger partial charge < -0.3 is 0 Å². The van der Waals surface area contributed by atoms with E-state index in [0.29, 0.717) is 5.03 Å². The van der Waals surface area contributed by atoms with Crippen molar-refractivity contribution in [3.63, 3.8) is 0 Å². The van der Waals surface area contributed by atoms with Gasteiger partial charge in [0.15, 0.2) is 0 Å². The summed E-state index contributed by atoms with van der Waals surface area (Å²) in [7, 11) is 0. The molecule has 1 heterocycles. The molecule has 1 nitrogen and oxygen atoms in total. The van der Waals surface area contributed by atoms with E-state index in [1.165, 1.54) is 0 Å². The summed E-state index contributed by atoms with van der Waals surface area (Å²) in [4.78, 5) is 4.00. The quantitative estimate of drug-likeness (QED) is 0.654. The maximum absolute atomic E-state index is 11.9. The molecule has 0 N–H and O–H groups in total. The van der Waals surface area contributed by atoms with Gasteiger partial charge in [-0.25, -0.2) is 4.98 Å². The van der Waals surface area contributed by atoms with Gasteiger partial charge in [0.1, 0.15) is 17.2 Å². The van der Waals surface area contributed by atoms with Gasteiger partial charge in [-0.2, -0.15) is 3.89 Å². The first-order chi connectivity index (χ1) is 4.86. The first kappa shape index (κ1) is 7.54. The number of pyridine rings is 1. The molecule has 0 radical (unpaired) electrons. The van der Waals surface area contributed by atoms with Crippen LogP contribution in [-0.4, -0.2) is 4.98 Å². The molecule has 1 aromatic heterocycles. The molecule has 0 spiro atoms. The molecule has 0 aliphatic heterocycles. The molecule has 3 heteroatoms. The van der Waals surface area contributed by atoms with Gasteiger partial charge in [0.25, 0.3) is 0 Å². The van der Waals surface area contributed by atoms with E-state index in [1.807, 2.05) is 19.1 Å². The molecule has 0 bridgehead atoms. The van der Waals surface area contributed by atoms with E-state index in [2.05, 4.69) is 4.98 Å². The van der Waals surface area contributed by atoms with Crippen LogP contribution in [0.2, 0.25) is 0 Å². The molecule has 1 rings (SSSR count). The van der Waals surface area contributed by atoms with E-state index in [9.17, 15) is 3.89 Å². The number of rotatable bonds is 2. The number of hydrogen-bond acceptors (Lipinski definition) is 2. The summed E-state index contributed by atoms with van der Waals surface area (Å²) in [6.45, 7) is 2.00. The average molecular weight is 157 g/mol. The Balaban J connectivity index is 2.87. The topological polar surface area (TPSA) is 12.9 Å². The van der Waals surface area contributed by atoms with Gasteiger partial charge in [0, 0.05) is 5.69 Å². The summed E-state index contributed by atoms with van der Waals surface area (Å²) < 4.78 is 11.9. The highest BCUT2D eigenvalue weighted by atomic mass is 32.2. The number of halogens is 1. The fourth-order valence-corrected chi connectivity index (χ4v) is 0.979. The summed E-state index contributed by atoms with van der Waals surface area (Å²) in [5.41, 5.74) is 0.933. The highest BCUT2D eigenvalue weighted by Crippen LogP contribution is 2.15. The molecule has 0 aliphatic carbocycles. The zero-order valence-electron chi connectivity index (χ0n) is 5.67. The standard InChI is InChI=1S/C7H8FNS/c1-2-6-4-3-5-7(9-6)10-8/h3-5H,2H2,1H3. The van der Waals surface area contributed by atoms with Crippen LogP contribution in [-0.2, 0) is 6.42 Å². The highest BCUT2D eigenvalue weighted by Gasteiger charge is 1.94. The van der Waals surface area contributed by atoms with E-state index in [1.54, 1.807) is 6.07 Å². The molecule has 0 amide bonds. The van der Waals surface area contributed by atoms with E-state index >= 15 is 0 Å². The predicted octanol–water partition coefficient (Wildman–Crippen LogP) is 2.62. The van der Waals surface area contributed by atoms with Gasteiger partial charge in [0.2, 0.25) is 0 Å². The molecular weight excluding hydrogens is 149 g/mol. The SMILES string of the molecule is CCc1cccc(SF)n1. The van der Waals surface area contributed by atoms with Gasteiger partial charge in [-0.15, -0.1) is 0 Å². The van der Waals surface area contributed by atoms with Crippen molar-refractivity contribution < 1.29 is 3.89 Å². The molecular formula is C7H8FNS. The van der Waals surface area contributed by atoms with Crippen LogP contribution in [0, 0.1) is 0 Å². The molecule has 0 unspecified atom stereocenters. The molecule has 0 aliphatic rings. The van der Waals surface area contributed by atoms with Crippen molar-refractivity contribution in [1.82, 2.24) is 4.98 Å². The van der Waals surface area contributed by atoms with E-state index in [-0.39, 0.29) is 12.1 Å². The Morgan fingerprint density at radius 1 is 1.60 bits per heavy atom. The van der Waals surface area contributed by atoms with Crippen LogP contribution < -0.4 is 0 Å². The summed E-state index contributed by atoms with van der Waals surface area (Å²) in [5.74, 6) is 0. The molecule has 0 saturated carbocycles. The molecule has 10 heavy (non-hydrogen) atoms. The smallest absolute Gasteiger partial charge is 0.129 e. The van der Waals surface area contributed by atoms with Crippen molar-refractivity contribution in [3.8, 4) is 0 Å².